The maximum atomic E-state index is 4.99. The fourth-order valence-corrected chi connectivity index (χ4v) is 0.595. The van der Waals surface area contributed by atoms with Gasteiger partial charge in [0.1, 0.15) is 0 Å². The van der Waals surface area contributed by atoms with Crippen molar-refractivity contribution in [2.24, 2.45) is 5.41 Å². The summed E-state index contributed by atoms with van der Waals surface area (Å²) >= 11 is 0. The number of terminal acetylenes is 1. The molecule has 11 heavy (non-hydrogen) atoms. The summed E-state index contributed by atoms with van der Waals surface area (Å²) in [6.07, 6.45) is 4.99. The molecule has 0 N–H and O–H groups in total. The fourth-order valence-electron chi connectivity index (χ4n) is 0.595. The van der Waals surface area contributed by atoms with Crippen molar-refractivity contribution < 1.29 is 0 Å². The predicted molar refractivity (Wildman–Crippen MR) is 48.7 cm³/mol. The van der Waals surface area contributed by atoms with Crippen LogP contribution in [-0.4, -0.2) is 0 Å². The molecule has 0 aliphatic heterocycles. The first-order chi connectivity index (χ1) is 5.02. The lowest BCUT2D eigenvalue weighted by Gasteiger charge is -2.15. The minimum absolute atomic E-state index is 0.00833. The van der Waals surface area contributed by atoms with Crippen molar-refractivity contribution in [3.8, 4) is 24.2 Å². The molecule has 0 aromatic heterocycles. The predicted octanol–water partition coefficient (Wildman–Crippen LogP) is 2.38. The molecule has 0 radical (unpaired) electrons. The van der Waals surface area contributed by atoms with E-state index in [1.54, 1.807) is 0 Å². The molecule has 0 spiro atoms. The van der Waals surface area contributed by atoms with Crippen LogP contribution in [0.15, 0.2) is 17.9 Å². The van der Waals surface area contributed by atoms with Gasteiger partial charge in [-0.1, -0.05) is 27.4 Å². The first-order valence-corrected chi connectivity index (χ1v) is 3.39. The van der Waals surface area contributed by atoms with E-state index in [2.05, 4.69) is 30.1 Å². The highest BCUT2D eigenvalue weighted by Gasteiger charge is 2.13. The average Bonchev–Trinajstić information content (AvgIpc) is 1.87. The molecule has 0 nitrogen and oxygen atoms in total. The number of hydrogen-bond acceptors (Lipinski definition) is 0. The standard InChI is InChI=1S/C11H12/c1-6-8-9-10(7-2)11(3,4)5/h1H,2H2,3-5H3. The molecule has 0 unspecified atom stereocenters. The zero-order chi connectivity index (χ0) is 8.91. The lowest BCUT2D eigenvalue weighted by molar-refractivity contribution is 0.522. The van der Waals surface area contributed by atoms with Gasteiger partial charge in [-0.2, -0.15) is 0 Å². The third kappa shape index (κ3) is 3.36. The van der Waals surface area contributed by atoms with Gasteiger partial charge in [0.05, 0.1) is 0 Å². The van der Waals surface area contributed by atoms with E-state index in [-0.39, 0.29) is 5.41 Å². The van der Waals surface area contributed by atoms with E-state index in [9.17, 15) is 0 Å². The summed E-state index contributed by atoms with van der Waals surface area (Å²) < 4.78 is 0. The van der Waals surface area contributed by atoms with Gasteiger partial charge in [-0.15, -0.1) is 12.2 Å². The molecular weight excluding hydrogens is 132 g/mol. The van der Waals surface area contributed by atoms with Crippen molar-refractivity contribution >= 4 is 0 Å². The van der Waals surface area contributed by atoms with Crippen LogP contribution in [0.5, 0.6) is 0 Å². The molecule has 0 rings (SSSR count). The second kappa shape index (κ2) is 3.72. The number of rotatable bonds is 0. The summed E-state index contributed by atoms with van der Waals surface area (Å²) in [4.78, 5) is 0. The van der Waals surface area contributed by atoms with E-state index < -0.39 is 0 Å². The van der Waals surface area contributed by atoms with E-state index >= 15 is 0 Å². The Morgan fingerprint density at radius 1 is 1.36 bits per heavy atom. The smallest absolute Gasteiger partial charge is 0.0495 e. The molecule has 0 fully saturated rings. The van der Waals surface area contributed by atoms with Crippen molar-refractivity contribution in [1.29, 1.82) is 0 Å². The Bertz CT molecular complexity index is 275. The lowest BCUT2D eigenvalue weighted by Crippen LogP contribution is -2.06. The summed E-state index contributed by atoms with van der Waals surface area (Å²) in [5.41, 5.74) is 3.62. The van der Waals surface area contributed by atoms with Gasteiger partial charge in [0.2, 0.25) is 0 Å². The molecule has 0 aliphatic rings. The van der Waals surface area contributed by atoms with E-state index in [4.69, 9.17) is 6.42 Å². The van der Waals surface area contributed by atoms with Crippen molar-refractivity contribution in [3.63, 3.8) is 0 Å². The van der Waals surface area contributed by atoms with Gasteiger partial charge >= 0.3 is 0 Å². The Morgan fingerprint density at radius 3 is 2.18 bits per heavy atom. The second-order valence-electron chi connectivity index (χ2n) is 3.20. The minimum Gasteiger partial charge on any atom is -0.115 e. The molecule has 0 bridgehead atoms. The monoisotopic (exact) mass is 144 g/mol. The third-order valence-corrected chi connectivity index (χ3v) is 1.19. The van der Waals surface area contributed by atoms with Crippen LogP contribution in [0.4, 0.5) is 0 Å². The Labute approximate surface area is 69.0 Å². The molecule has 0 aromatic carbocycles. The Kier molecular flexibility index (Phi) is 3.26. The van der Waals surface area contributed by atoms with Crippen LogP contribution in [0.2, 0.25) is 0 Å². The zero-order valence-corrected chi connectivity index (χ0v) is 7.28. The highest BCUT2D eigenvalue weighted by atomic mass is 14.2. The second-order valence-corrected chi connectivity index (χ2v) is 3.20. The summed E-state index contributed by atoms with van der Waals surface area (Å²) in [5, 5.41) is 0. The van der Waals surface area contributed by atoms with Crippen LogP contribution < -0.4 is 0 Å². The van der Waals surface area contributed by atoms with E-state index in [0.717, 1.165) is 5.57 Å². The van der Waals surface area contributed by atoms with Gasteiger partial charge < -0.3 is 0 Å². The number of allylic oxidation sites excluding steroid dienone is 1. The van der Waals surface area contributed by atoms with Crippen LogP contribution >= 0.6 is 0 Å². The van der Waals surface area contributed by atoms with Gasteiger partial charge in [0.15, 0.2) is 0 Å². The van der Waals surface area contributed by atoms with Crippen molar-refractivity contribution in [2.75, 3.05) is 0 Å². The molecule has 56 valence electrons. The van der Waals surface area contributed by atoms with E-state index in [1.807, 2.05) is 20.8 Å². The molecule has 0 saturated heterocycles. The molecular formula is C11H12. The van der Waals surface area contributed by atoms with Gasteiger partial charge in [0.25, 0.3) is 0 Å². The first kappa shape index (κ1) is 9.64. The molecule has 0 saturated carbocycles. The van der Waals surface area contributed by atoms with Crippen molar-refractivity contribution in [2.45, 2.75) is 20.8 Å². The van der Waals surface area contributed by atoms with Crippen LogP contribution in [0.1, 0.15) is 20.8 Å². The summed E-state index contributed by atoms with van der Waals surface area (Å²) in [6.45, 7) is 9.69. The quantitative estimate of drug-likeness (QED) is 0.361. The zero-order valence-electron chi connectivity index (χ0n) is 7.28. The third-order valence-electron chi connectivity index (χ3n) is 1.19. The van der Waals surface area contributed by atoms with Gasteiger partial charge in [0, 0.05) is 11.0 Å². The highest BCUT2D eigenvalue weighted by molar-refractivity contribution is 5.37. The Morgan fingerprint density at radius 2 is 1.91 bits per heavy atom. The SMILES string of the molecule is C#CC#CC(=C=C)C(C)(C)C. The maximum absolute atomic E-state index is 4.99. The van der Waals surface area contributed by atoms with Crippen LogP contribution in [0, 0.1) is 29.6 Å². The fraction of sp³-hybridized carbons (Fsp3) is 0.364. The van der Waals surface area contributed by atoms with Crippen molar-refractivity contribution in [1.82, 2.24) is 0 Å². The summed E-state index contributed by atoms with van der Waals surface area (Å²) in [6, 6.07) is 0. The lowest BCUT2D eigenvalue weighted by atomic mass is 9.87. The molecule has 0 aliphatic carbocycles. The summed E-state index contributed by atoms with van der Waals surface area (Å²) in [5.74, 6) is 7.61. The van der Waals surface area contributed by atoms with Crippen molar-refractivity contribution in [3.05, 3.63) is 17.9 Å². The minimum atomic E-state index is -0.00833. The number of hydrogen-bond donors (Lipinski definition) is 0. The normalized spacial score (nSPS) is 8.55. The van der Waals surface area contributed by atoms with Crippen LogP contribution in [0.25, 0.3) is 0 Å². The Hall–Kier alpha value is -1.36. The first-order valence-electron chi connectivity index (χ1n) is 3.39. The highest BCUT2D eigenvalue weighted by Crippen LogP contribution is 2.22. The maximum Gasteiger partial charge on any atom is 0.0495 e. The largest absolute Gasteiger partial charge is 0.115 e. The average molecular weight is 144 g/mol. The van der Waals surface area contributed by atoms with Crippen LogP contribution in [0.3, 0.4) is 0 Å². The van der Waals surface area contributed by atoms with E-state index in [0.29, 0.717) is 0 Å². The van der Waals surface area contributed by atoms with E-state index in [1.165, 1.54) is 0 Å². The van der Waals surface area contributed by atoms with Gasteiger partial charge in [-0.05, 0) is 17.8 Å². The molecule has 0 heteroatoms. The summed E-state index contributed by atoms with van der Waals surface area (Å²) in [7, 11) is 0. The molecule has 0 aromatic rings. The molecule has 0 heterocycles. The van der Waals surface area contributed by atoms with Gasteiger partial charge in [-0.3, -0.25) is 0 Å². The molecule has 0 amide bonds. The topological polar surface area (TPSA) is 0 Å². The Balaban J connectivity index is 4.78. The molecule has 0 atom stereocenters. The van der Waals surface area contributed by atoms with Gasteiger partial charge in [-0.25, -0.2) is 0 Å². The van der Waals surface area contributed by atoms with Crippen LogP contribution in [-0.2, 0) is 0 Å².